The molecule has 3 rings (SSSR count). The normalized spacial score (nSPS) is 18.9. The number of nitrogens with one attached hydrogen (secondary N) is 1. The predicted octanol–water partition coefficient (Wildman–Crippen LogP) is 1.06. The fraction of sp³-hybridized carbons (Fsp3) is 0.529. The highest BCUT2D eigenvalue weighted by molar-refractivity contribution is 7.89. The summed E-state index contributed by atoms with van der Waals surface area (Å²) in [4.78, 5) is 23.9. The fourth-order valence-corrected chi connectivity index (χ4v) is 4.73. The maximum absolute atomic E-state index is 13.0. The van der Waals surface area contributed by atoms with E-state index in [0.717, 1.165) is 6.42 Å². The second kappa shape index (κ2) is 7.24. The minimum absolute atomic E-state index is 0.0639. The van der Waals surface area contributed by atoms with E-state index >= 15 is 0 Å². The van der Waals surface area contributed by atoms with Gasteiger partial charge in [0.25, 0.3) is 0 Å². The molecule has 1 aromatic heterocycles. The number of aromatic nitrogens is 1. The lowest BCUT2D eigenvalue weighted by Gasteiger charge is -2.31. The standard InChI is InChI=1S/C17H23N3O5S/c1-3-8-18-16(21)12-5-4-9-20(11-12)26(23,24)13-6-7-14-15(10-13)25-17(22)19(14)2/h6-7,10,12H,3-5,8-9,11H2,1-2H3,(H,18,21)/t12-/m1/s1. The summed E-state index contributed by atoms with van der Waals surface area (Å²) in [5, 5.41) is 2.83. The highest BCUT2D eigenvalue weighted by Gasteiger charge is 2.33. The van der Waals surface area contributed by atoms with Crippen LogP contribution in [0.3, 0.4) is 0 Å². The van der Waals surface area contributed by atoms with E-state index < -0.39 is 15.8 Å². The number of carbonyl (C=O) groups is 1. The van der Waals surface area contributed by atoms with E-state index in [-0.39, 0.29) is 28.8 Å². The zero-order valence-electron chi connectivity index (χ0n) is 14.9. The van der Waals surface area contributed by atoms with Crippen molar-refractivity contribution >= 4 is 27.0 Å². The number of fused-ring (bicyclic) bond motifs is 1. The molecule has 0 radical (unpaired) electrons. The van der Waals surface area contributed by atoms with Crippen molar-refractivity contribution in [1.82, 2.24) is 14.2 Å². The van der Waals surface area contributed by atoms with Crippen molar-refractivity contribution in [3.8, 4) is 0 Å². The van der Waals surface area contributed by atoms with Crippen LogP contribution in [0.2, 0.25) is 0 Å². The van der Waals surface area contributed by atoms with Crippen LogP contribution in [-0.4, -0.2) is 42.8 Å². The summed E-state index contributed by atoms with van der Waals surface area (Å²) < 4.78 is 33.7. The molecule has 0 aliphatic carbocycles. The molecule has 1 amide bonds. The highest BCUT2D eigenvalue weighted by Crippen LogP contribution is 2.26. The van der Waals surface area contributed by atoms with Crippen LogP contribution in [0.4, 0.5) is 0 Å². The number of oxazole rings is 1. The lowest BCUT2D eigenvalue weighted by molar-refractivity contribution is -0.126. The molecule has 1 fully saturated rings. The van der Waals surface area contributed by atoms with Crippen LogP contribution >= 0.6 is 0 Å². The molecule has 0 unspecified atom stereocenters. The molecule has 1 aliphatic heterocycles. The van der Waals surface area contributed by atoms with E-state index in [4.69, 9.17) is 4.42 Å². The summed E-state index contributed by atoms with van der Waals surface area (Å²) in [6.45, 7) is 3.09. The first-order valence-electron chi connectivity index (χ1n) is 8.72. The van der Waals surface area contributed by atoms with Crippen LogP contribution in [-0.2, 0) is 21.9 Å². The van der Waals surface area contributed by atoms with Gasteiger partial charge in [0.05, 0.1) is 16.3 Å². The number of carbonyl (C=O) groups excluding carboxylic acids is 1. The molecule has 1 aromatic carbocycles. The lowest BCUT2D eigenvalue weighted by Crippen LogP contribution is -2.45. The van der Waals surface area contributed by atoms with E-state index in [1.54, 1.807) is 13.1 Å². The minimum Gasteiger partial charge on any atom is -0.408 e. The monoisotopic (exact) mass is 381 g/mol. The second-order valence-electron chi connectivity index (χ2n) is 6.55. The van der Waals surface area contributed by atoms with Crippen molar-refractivity contribution < 1.29 is 17.6 Å². The average Bonchev–Trinajstić information content (AvgIpc) is 2.93. The third-order valence-electron chi connectivity index (χ3n) is 4.71. The molecule has 0 bridgehead atoms. The van der Waals surface area contributed by atoms with Gasteiger partial charge in [-0.25, -0.2) is 13.2 Å². The molecule has 9 heteroatoms. The van der Waals surface area contributed by atoms with Crippen LogP contribution in [0.1, 0.15) is 26.2 Å². The van der Waals surface area contributed by atoms with Crippen LogP contribution < -0.4 is 11.1 Å². The van der Waals surface area contributed by atoms with Gasteiger partial charge in [0.2, 0.25) is 15.9 Å². The van der Waals surface area contributed by atoms with Crippen molar-refractivity contribution in [2.75, 3.05) is 19.6 Å². The summed E-state index contributed by atoms with van der Waals surface area (Å²) in [6, 6.07) is 4.39. The lowest BCUT2D eigenvalue weighted by atomic mass is 9.99. The maximum atomic E-state index is 13.0. The Balaban J connectivity index is 1.85. The molecule has 142 valence electrons. The zero-order chi connectivity index (χ0) is 18.9. The number of benzene rings is 1. The molecule has 0 spiro atoms. The number of aryl methyl sites for hydroxylation is 1. The predicted molar refractivity (Wildman–Crippen MR) is 96.2 cm³/mol. The molecule has 1 aliphatic rings. The van der Waals surface area contributed by atoms with Crippen molar-refractivity contribution in [2.24, 2.45) is 13.0 Å². The molecule has 1 atom stereocenters. The molecule has 0 saturated carbocycles. The number of hydrogen-bond acceptors (Lipinski definition) is 5. The fourth-order valence-electron chi connectivity index (χ4n) is 3.19. The Morgan fingerprint density at radius 2 is 2.15 bits per heavy atom. The third-order valence-corrected chi connectivity index (χ3v) is 6.57. The Kier molecular flexibility index (Phi) is 5.19. The number of sulfonamides is 1. The number of piperidine rings is 1. The van der Waals surface area contributed by atoms with Gasteiger partial charge in [0, 0.05) is 32.7 Å². The molecule has 2 aromatic rings. The Bertz CT molecular complexity index is 976. The molecule has 2 heterocycles. The topological polar surface area (TPSA) is 102 Å². The minimum atomic E-state index is -3.76. The SMILES string of the molecule is CCCNC(=O)[C@@H]1CCCN(S(=O)(=O)c2ccc3c(c2)oc(=O)n3C)C1. The van der Waals surface area contributed by atoms with E-state index in [1.807, 2.05) is 6.92 Å². The number of nitrogens with zero attached hydrogens (tertiary/aromatic N) is 2. The van der Waals surface area contributed by atoms with Crippen molar-refractivity contribution in [3.63, 3.8) is 0 Å². The summed E-state index contributed by atoms with van der Waals surface area (Å²) >= 11 is 0. The Labute approximate surface area is 151 Å². The van der Waals surface area contributed by atoms with Crippen LogP contribution in [0.25, 0.3) is 11.1 Å². The Morgan fingerprint density at radius 3 is 2.88 bits per heavy atom. The van der Waals surface area contributed by atoms with Crippen LogP contribution in [0, 0.1) is 5.92 Å². The van der Waals surface area contributed by atoms with Gasteiger partial charge in [0.1, 0.15) is 0 Å². The average molecular weight is 381 g/mol. The van der Waals surface area contributed by atoms with Gasteiger partial charge in [-0.05, 0) is 31.4 Å². The van der Waals surface area contributed by atoms with Gasteiger partial charge < -0.3 is 9.73 Å². The van der Waals surface area contributed by atoms with Gasteiger partial charge in [-0.15, -0.1) is 0 Å². The van der Waals surface area contributed by atoms with E-state index in [1.165, 1.54) is 21.0 Å². The van der Waals surface area contributed by atoms with Crippen LogP contribution in [0.5, 0.6) is 0 Å². The molecule has 1 saturated heterocycles. The largest absolute Gasteiger partial charge is 0.419 e. The highest BCUT2D eigenvalue weighted by atomic mass is 32.2. The van der Waals surface area contributed by atoms with Gasteiger partial charge in [-0.2, -0.15) is 4.31 Å². The molecule has 8 nitrogen and oxygen atoms in total. The number of rotatable bonds is 5. The third kappa shape index (κ3) is 3.41. The van der Waals surface area contributed by atoms with Gasteiger partial charge >= 0.3 is 5.76 Å². The summed E-state index contributed by atoms with van der Waals surface area (Å²) in [7, 11) is -2.20. The van der Waals surface area contributed by atoms with E-state index in [0.29, 0.717) is 31.4 Å². The van der Waals surface area contributed by atoms with E-state index in [2.05, 4.69) is 5.32 Å². The number of hydrogen-bond donors (Lipinski definition) is 1. The second-order valence-corrected chi connectivity index (χ2v) is 8.49. The van der Waals surface area contributed by atoms with Gasteiger partial charge in [0.15, 0.2) is 5.58 Å². The van der Waals surface area contributed by atoms with Gasteiger partial charge in [-0.1, -0.05) is 6.92 Å². The summed E-state index contributed by atoms with van der Waals surface area (Å²) in [6.07, 6.45) is 2.14. The molecular formula is C17H23N3O5S. The Morgan fingerprint density at radius 1 is 1.38 bits per heavy atom. The maximum Gasteiger partial charge on any atom is 0.419 e. The zero-order valence-corrected chi connectivity index (χ0v) is 15.7. The summed E-state index contributed by atoms with van der Waals surface area (Å²) in [5.41, 5.74) is 0.761. The molecular weight excluding hydrogens is 358 g/mol. The first-order chi connectivity index (χ1) is 12.3. The Hall–Kier alpha value is -2.13. The quantitative estimate of drug-likeness (QED) is 0.834. The van der Waals surface area contributed by atoms with Crippen molar-refractivity contribution in [1.29, 1.82) is 0 Å². The summed E-state index contributed by atoms with van der Waals surface area (Å²) in [5.74, 6) is -0.986. The first-order valence-corrected chi connectivity index (χ1v) is 10.2. The molecule has 26 heavy (non-hydrogen) atoms. The van der Waals surface area contributed by atoms with Crippen molar-refractivity contribution in [3.05, 3.63) is 28.7 Å². The molecule has 1 N–H and O–H groups in total. The van der Waals surface area contributed by atoms with Gasteiger partial charge in [-0.3, -0.25) is 9.36 Å². The number of amides is 1. The van der Waals surface area contributed by atoms with E-state index in [9.17, 15) is 18.0 Å². The smallest absolute Gasteiger partial charge is 0.408 e. The van der Waals surface area contributed by atoms with Crippen LogP contribution in [0.15, 0.2) is 32.3 Å². The van der Waals surface area contributed by atoms with Crippen molar-refractivity contribution in [2.45, 2.75) is 31.1 Å². The first kappa shape index (κ1) is 18.7.